The first kappa shape index (κ1) is 18.3. The first-order valence-corrected chi connectivity index (χ1v) is 8.47. The highest BCUT2D eigenvalue weighted by atomic mass is 79.9. The Morgan fingerprint density at radius 1 is 1.04 bits per heavy atom. The fourth-order valence-corrected chi connectivity index (χ4v) is 2.62. The zero-order chi connectivity index (χ0) is 17.7. The maximum atomic E-state index is 13.0. The van der Waals surface area contributed by atoms with Crippen LogP contribution in [0.4, 0.5) is 4.39 Å². The maximum absolute atomic E-state index is 13.0. The minimum Gasteiger partial charge on any atom is -0.339 e. The molecule has 0 aliphatic rings. The van der Waals surface area contributed by atoms with Crippen LogP contribution in [0.15, 0.2) is 53.0 Å². The van der Waals surface area contributed by atoms with E-state index >= 15 is 0 Å². The van der Waals surface area contributed by atoms with Crippen molar-refractivity contribution in [3.05, 3.63) is 69.9 Å². The Morgan fingerprint density at radius 3 is 2.21 bits per heavy atom. The molecule has 5 heteroatoms. The topological polar surface area (TPSA) is 37.4 Å². The van der Waals surface area contributed by atoms with Gasteiger partial charge in [0.2, 0.25) is 5.91 Å². The van der Waals surface area contributed by atoms with Gasteiger partial charge >= 0.3 is 0 Å². The van der Waals surface area contributed by atoms with Crippen molar-refractivity contribution in [2.75, 3.05) is 7.05 Å². The zero-order valence-electron chi connectivity index (χ0n) is 13.6. The van der Waals surface area contributed by atoms with E-state index in [1.165, 1.54) is 12.1 Å². The third kappa shape index (κ3) is 4.74. The number of Topliss-reactive ketones (excluding diaryl/α,β-unsaturated/α-hetero) is 1. The van der Waals surface area contributed by atoms with Crippen molar-refractivity contribution in [2.45, 2.75) is 25.8 Å². The molecule has 0 spiro atoms. The Morgan fingerprint density at radius 2 is 1.62 bits per heavy atom. The number of carbonyl (C=O) groups is 2. The maximum Gasteiger partial charge on any atom is 0.223 e. The smallest absolute Gasteiger partial charge is 0.223 e. The van der Waals surface area contributed by atoms with E-state index < -0.39 is 0 Å². The molecule has 24 heavy (non-hydrogen) atoms. The molecule has 1 amide bonds. The highest BCUT2D eigenvalue weighted by Gasteiger charge is 2.18. The Hall–Kier alpha value is -2.01. The second kappa shape index (κ2) is 8.20. The van der Waals surface area contributed by atoms with Crippen molar-refractivity contribution in [3.63, 3.8) is 0 Å². The van der Waals surface area contributed by atoms with E-state index in [4.69, 9.17) is 0 Å². The molecule has 0 aliphatic heterocycles. The molecule has 126 valence electrons. The van der Waals surface area contributed by atoms with Gasteiger partial charge in [0.15, 0.2) is 5.78 Å². The third-order valence-electron chi connectivity index (χ3n) is 4.06. The van der Waals surface area contributed by atoms with E-state index in [-0.39, 0.29) is 36.4 Å². The molecular formula is C19H19BrFNO2. The average Bonchev–Trinajstić information content (AvgIpc) is 2.59. The minimum absolute atomic E-state index is 0.0568. The summed E-state index contributed by atoms with van der Waals surface area (Å²) >= 11 is 3.32. The van der Waals surface area contributed by atoms with Crippen LogP contribution in [0.3, 0.4) is 0 Å². The van der Waals surface area contributed by atoms with E-state index in [0.717, 1.165) is 10.0 Å². The standard InChI is InChI=1S/C19H19BrFNO2/c1-13(14-5-9-17(21)10-6-14)22(2)19(24)12-11-18(23)15-3-7-16(20)8-4-15/h3-10,13H,11-12H2,1-2H3. The van der Waals surface area contributed by atoms with Crippen molar-refractivity contribution < 1.29 is 14.0 Å². The van der Waals surface area contributed by atoms with Crippen LogP contribution >= 0.6 is 15.9 Å². The van der Waals surface area contributed by atoms with Gasteiger partial charge in [0, 0.05) is 29.9 Å². The average molecular weight is 392 g/mol. The molecule has 0 heterocycles. The second-order valence-corrected chi connectivity index (χ2v) is 6.58. The van der Waals surface area contributed by atoms with Gasteiger partial charge in [-0.2, -0.15) is 0 Å². The summed E-state index contributed by atoms with van der Waals surface area (Å²) in [6.45, 7) is 1.88. The van der Waals surface area contributed by atoms with Crippen LogP contribution in [-0.2, 0) is 4.79 Å². The summed E-state index contributed by atoms with van der Waals surface area (Å²) < 4.78 is 13.9. The third-order valence-corrected chi connectivity index (χ3v) is 4.59. The zero-order valence-corrected chi connectivity index (χ0v) is 15.2. The minimum atomic E-state index is -0.306. The fraction of sp³-hybridized carbons (Fsp3) is 0.263. The van der Waals surface area contributed by atoms with Crippen molar-refractivity contribution in [1.82, 2.24) is 4.90 Å². The summed E-state index contributed by atoms with van der Waals surface area (Å²) in [7, 11) is 1.69. The molecule has 0 aliphatic carbocycles. The molecule has 2 aromatic carbocycles. The number of amides is 1. The molecular weight excluding hydrogens is 373 g/mol. The molecule has 0 radical (unpaired) electrons. The molecule has 0 fully saturated rings. The van der Waals surface area contributed by atoms with Gasteiger partial charge < -0.3 is 4.90 Å². The molecule has 0 saturated heterocycles. The van der Waals surface area contributed by atoms with Crippen molar-refractivity contribution >= 4 is 27.6 Å². The van der Waals surface area contributed by atoms with Gasteiger partial charge in [0.25, 0.3) is 0 Å². The summed E-state index contributed by atoms with van der Waals surface area (Å²) in [5, 5.41) is 0. The number of halogens is 2. The molecule has 1 unspecified atom stereocenters. The van der Waals surface area contributed by atoms with Gasteiger partial charge in [-0.15, -0.1) is 0 Å². The SMILES string of the molecule is CC(c1ccc(F)cc1)N(C)C(=O)CCC(=O)c1ccc(Br)cc1. The summed E-state index contributed by atoms with van der Waals surface area (Å²) in [4.78, 5) is 26.0. The summed E-state index contributed by atoms with van der Waals surface area (Å²) in [6, 6.07) is 13.0. The number of nitrogens with zero attached hydrogens (tertiary/aromatic N) is 1. The lowest BCUT2D eigenvalue weighted by atomic mass is 10.0. The van der Waals surface area contributed by atoms with E-state index in [1.54, 1.807) is 48.3 Å². The van der Waals surface area contributed by atoms with Crippen LogP contribution in [0.25, 0.3) is 0 Å². The number of rotatable bonds is 6. The highest BCUT2D eigenvalue weighted by Crippen LogP contribution is 2.20. The molecule has 0 bridgehead atoms. The summed E-state index contributed by atoms with van der Waals surface area (Å²) in [5.41, 5.74) is 1.45. The Labute approximate surface area is 149 Å². The number of carbonyl (C=O) groups excluding carboxylic acids is 2. The monoisotopic (exact) mass is 391 g/mol. The van der Waals surface area contributed by atoms with Gasteiger partial charge in [-0.05, 0) is 36.8 Å². The van der Waals surface area contributed by atoms with Crippen LogP contribution in [0.1, 0.15) is 41.7 Å². The van der Waals surface area contributed by atoms with Gasteiger partial charge in [0.1, 0.15) is 5.82 Å². The van der Waals surface area contributed by atoms with Gasteiger partial charge in [-0.3, -0.25) is 9.59 Å². The number of hydrogen-bond acceptors (Lipinski definition) is 2. The van der Waals surface area contributed by atoms with Crippen molar-refractivity contribution in [3.8, 4) is 0 Å². The molecule has 1 atom stereocenters. The highest BCUT2D eigenvalue weighted by molar-refractivity contribution is 9.10. The predicted molar refractivity (Wildman–Crippen MR) is 95.3 cm³/mol. The Kier molecular flexibility index (Phi) is 6.26. The molecule has 0 saturated carbocycles. The Balaban J connectivity index is 1.92. The first-order valence-electron chi connectivity index (χ1n) is 7.68. The lowest BCUT2D eigenvalue weighted by Crippen LogP contribution is -2.29. The normalized spacial score (nSPS) is 11.8. The molecule has 0 N–H and O–H groups in total. The molecule has 2 aromatic rings. The lowest BCUT2D eigenvalue weighted by Gasteiger charge is -2.25. The number of ketones is 1. The van der Waals surface area contributed by atoms with Gasteiger partial charge in [-0.25, -0.2) is 4.39 Å². The van der Waals surface area contributed by atoms with Crippen molar-refractivity contribution in [2.24, 2.45) is 0 Å². The van der Waals surface area contributed by atoms with Crippen LogP contribution < -0.4 is 0 Å². The van der Waals surface area contributed by atoms with Gasteiger partial charge in [-0.1, -0.05) is 40.2 Å². The number of hydrogen-bond donors (Lipinski definition) is 0. The summed E-state index contributed by atoms with van der Waals surface area (Å²) in [6.07, 6.45) is 0.317. The molecule has 2 rings (SSSR count). The van der Waals surface area contributed by atoms with Crippen LogP contribution in [0, 0.1) is 5.82 Å². The van der Waals surface area contributed by atoms with Crippen LogP contribution in [0.5, 0.6) is 0 Å². The summed E-state index contributed by atoms with van der Waals surface area (Å²) in [5.74, 6) is -0.476. The first-order chi connectivity index (χ1) is 11.4. The largest absolute Gasteiger partial charge is 0.339 e. The van der Waals surface area contributed by atoms with E-state index in [2.05, 4.69) is 15.9 Å². The van der Waals surface area contributed by atoms with E-state index in [0.29, 0.717) is 5.56 Å². The van der Waals surface area contributed by atoms with Gasteiger partial charge in [0.05, 0.1) is 6.04 Å². The lowest BCUT2D eigenvalue weighted by molar-refractivity contribution is -0.131. The number of benzene rings is 2. The van der Waals surface area contributed by atoms with Crippen LogP contribution in [0.2, 0.25) is 0 Å². The van der Waals surface area contributed by atoms with E-state index in [1.807, 2.05) is 6.92 Å². The van der Waals surface area contributed by atoms with Crippen molar-refractivity contribution in [1.29, 1.82) is 0 Å². The quantitative estimate of drug-likeness (QED) is 0.664. The predicted octanol–water partition coefficient (Wildman–Crippen LogP) is 4.77. The fourth-order valence-electron chi connectivity index (χ4n) is 2.36. The molecule has 3 nitrogen and oxygen atoms in total. The van der Waals surface area contributed by atoms with E-state index in [9.17, 15) is 14.0 Å². The van der Waals surface area contributed by atoms with Crippen LogP contribution in [-0.4, -0.2) is 23.6 Å². The Bertz CT molecular complexity index is 713. The molecule has 0 aromatic heterocycles. The second-order valence-electron chi connectivity index (χ2n) is 5.66.